The fourth-order valence-corrected chi connectivity index (χ4v) is 2.99. The van der Waals surface area contributed by atoms with Crippen LogP contribution < -0.4 is 18.9 Å². The smallest absolute Gasteiger partial charge is 0.161 e. The summed E-state index contributed by atoms with van der Waals surface area (Å²) in [6, 6.07) is 10.4. The first kappa shape index (κ1) is 23.8. The van der Waals surface area contributed by atoms with Gasteiger partial charge < -0.3 is 29.2 Å². The van der Waals surface area contributed by atoms with E-state index in [0.29, 0.717) is 47.3 Å². The predicted molar refractivity (Wildman–Crippen MR) is 117 cm³/mol. The third-order valence-electron chi connectivity index (χ3n) is 4.87. The Balaban J connectivity index is 2.16. The maximum atomic E-state index is 10.8. The highest BCUT2D eigenvalue weighted by Gasteiger charge is 2.23. The molecule has 2 N–H and O–H groups in total. The lowest BCUT2D eigenvalue weighted by molar-refractivity contribution is 0.0169. The second kappa shape index (κ2) is 12.3. The number of aliphatic hydroxyl groups excluding tert-OH is 2. The van der Waals surface area contributed by atoms with E-state index >= 15 is 0 Å². The first-order chi connectivity index (χ1) is 14.5. The molecule has 2 aromatic rings. The van der Waals surface area contributed by atoms with Crippen LogP contribution in [-0.2, 0) is 0 Å². The summed E-state index contributed by atoms with van der Waals surface area (Å²) in [5.74, 6) is 2.28. The number of rotatable bonds is 13. The Morgan fingerprint density at radius 1 is 0.667 bits per heavy atom. The minimum absolute atomic E-state index is 0.520. The van der Waals surface area contributed by atoms with Gasteiger partial charge in [0.1, 0.15) is 12.2 Å². The zero-order chi connectivity index (χ0) is 21.9. The number of hydrogen-bond donors (Lipinski definition) is 2. The van der Waals surface area contributed by atoms with E-state index < -0.39 is 12.2 Å². The quantitative estimate of drug-likeness (QED) is 0.454. The number of methoxy groups -OCH3 is 2. The summed E-state index contributed by atoms with van der Waals surface area (Å²) in [4.78, 5) is 0. The van der Waals surface area contributed by atoms with Gasteiger partial charge >= 0.3 is 0 Å². The Morgan fingerprint density at radius 2 is 1.07 bits per heavy atom. The third-order valence-corrected chi connectivity index (χ3v) is 4.87. The van der Waals surface area contributed by atoms with Crippen LogP contribution in [0, 0.1) is 0 Å². The Bertz CT molecular complexity index is 711. The van der Waals surface area contributed by atoms with Gasteiger partial charge in [0.15, 0.2) is 23.0 Å². The topological polar surface area (TPSA) is 77.4 Å². The molecule has 0 spiro atoms. The van der Waals surface area contributed by atoms with Crippen molar-refractivity contribution in [1.29, 1.82) is 0 Å². The second-order valence-corrected chi connectivity index (χ2v) is 7.11. The number of hydrogen-bond acceptors (Lipinski definition) is 6. The molecule has 0 aliphatic heterocycles. The monoisotopic (exact) mass is 418 g/mol. The van der Waals surface area contributed by atoms with Crippen molar-refractivity contribution in [3.63, 3.8) is 0 Å². The Labute approximate surface area is 179 Å². The molecule has 0 bridgehead atoms. The summed E-state index contributed by atoms with van der Waals surface area (Å²) in [7, 11) is 3.10. The van der Waals surface area contributed by atoms with Gasteiger partial charge in [0.25, 0.3) is 0 Å². The summed E-state index contributed by atoms with van der Waals surface area (Å²) in [5.41, 5.74) is 1.06. The maximum Gasteiger partial charge on any atom is 0.161 e. The van der Waals surface area contributed by atoms with Gasteiger partial charge in [-0.2, -0.15) is 0 Å². The van der Waals surface area contributed by atoms with E-state index in [0.717, 1.165) is 25.7 Å². The summed E-state index contributed by atoms with van der Waals surface area (Å²) in [6.45, 7) is 5.40. The summed E-state index contributed by atoms with van der Waals surface area (Å²) in [6.07, 6.45) is 1.70. The Kier molecular flexibility index (Phi) is 9.77. The zero-order valence-corrected chi connectivity index (χ0v) is 18.4. The molecule has 0 amide bonds. The van der Waals surface area contributed by atoms with Gasteiger partial charge in [-0.1, -0.05) is 38.8 Å². The lowest BCUT2D eigenvalue weighted by Crippen LogP contribution is -2.11. The third kappa shape index (κ3) is 6.28. The molecule has 0 heterocycles. The predicted octanol–water partition coefficient (Wildman–Crippen LogP) is 4.83. The van der Waals surface area contributed by atoms with Crippen LogP contribution in [-0.4, -0.2) is 37.6 Å². The molecular weight excluding hydrogens is 384 g/mol. The first-order valence-electron chi connectivity index (χ1n) is 10.5. The molecule has 30 heavy (non-hydrogen) atoms. The average molecular weight is 419 g/mol. The summed E-state index contributed by atoms with van der Waals surface area (Å²) in [5, 5.41) is 21.5. The van der Waals surface area contributed by atoms with Crippen molar-refractivity contribution in [2.24, 2.45) is 0 Å². The van der Waals surface area contributed by atoms with Crippen LogP contribution in [0.2, 0.25) is 0 Å². The number of ether oxygens (including phenoxy) is 4. The molecule has 6 nitrogen and oxygen atoms in total. The highest BCUT2D eigenvalue weighted by atomic mass is 16.5. The zero-order valence-electron chi connectivity index (χ0n) is 18.4. The summed E-state index contributed by atoms with van der Waals surface area (Å²) >= 11 is 0. The van der Waals surface area contributed by atoms with E-state index in [1.807, 2.05) is 0 Å². The minimum atomic E-state index is -1.14. The van der Waals surface area contributed by atoms with Crippen LogP contribution in [0.3, 0.4) is 0 Å². The first-order valence-corrected chi connectivity index (χ1v) is 10.5. The van der Waals surface area contributed by atoms with E-state index in [9.17, 15) is 10.2 Å². The Hall–Kier alpha value is -2.44. The van der Waals surface area contributed by atoms with Crippen molar-refractivity contribution in [3.05, 3.63) is 47.5 Å². The molecule has 0 radical (unpaired) electrons. The summed E-state index contributed by atoms with van der Waals surface area (Å²) < 4.78 is 22.3. The largest absolute Gasteiger partial charge is 0.493 e. The van der Waals surface area contributed by atoms with Gasteiger partial charge in [-0.3, -0.25) is 0 Å². The Morgan fingerprint density at radius 3 is 1.40 bits per heavy atom. The normalized spacial score (nSPS) is 12.9. The van der Waals surface area contributed by atoms with Gasteiger partial charge in [0, 0.05) is 0 Å². The molecule has 166 valence electrons. The molecular formula is C24H34O6. The molecule has 0 aromatic heterocycles. The fraction of sp³-hybridized carbons (Fsp3) is 0.500. The lowest BCUT2D eigenvalue weighted by Gasteiger charge is -2.21. The van der Waals surface area contributed by atoms with Crippen LogP contribution in [0.4, 0.5) is 0 Å². The van der Waals surface area contributed by atoms with Crippen molar-refractivity contribution in [2.75, 3.05) is 27.4 Å². The van der Waals surface area contributed by atoms with Crippen LogP contribution in [0.1, 0.15) is 62.9 Å². The van der Waals surface area contributed by atoms with Gasteiger partial charge in [-0.15, -0.1) is 0 Å². The number of unbranched alkanes of at least 4 members (excludes halogenated alkanes) is 2. The van der Waals surface area contributed by atoms with E-state index in [-0.39, 0.29) is 0 Å². The van der Waals surface area contributed by atoms with Crippen molar-refractivity contribution in [1.82, 2.24) is 0 Å². The molecule has 0 aliphatic rings. The van der Waals surface area contributed by atoms with E-state index in [4.69, 9.17) is 18.9 Å². The van der Waals surface area contributed by atoms with Crippen molar-refractivity contribution in [2.45, 2.75) is 51.7 Å². The highest BCUT2D eigenvalue weighted by Crippen LogP contribution is 2.37. The van der Waals surface area contributed by atoms with Gasteiger partial charge in [0.2, 0.25) is 0 Å². The SMILES string of the molecule is CCCCOc1ccc(C(O)C(O)c2ccc(OCCCC)c(OC)c2)cc1OC. The molecule has 2 unspecified atom stereocenters. The van der Waals surface area contributed by atoms with Gasteiger partial charge in [-0.05, 0) is 48.2 Å². The van der Waals surface area contributed by atoms with E-state index in [1.165, 1.54) is 0 Å². The van der Waals surface area contributed by atoms with E-state index in [1.54, 1.807) is 50.6 Å². The molecule has 2 rings (SSSR count). The molecule has 0 fully saturated rings. The molecule has 2 atom stereocenters. The molecule has 2 aromatic carbocycles. The average Bonchev–Trinajstić information content (AvgIpc) is 2.78. The standard InChI is InChI=1S/C24H34O6/c1-5-7-13-29-19-11-9-17(15-21(19)27-3)23(25)24(26)18-10-12-20(22(16-18)28-4)30-14-8-6-2/h9-12,15-16,23-26H,5-8,13-14H2,1-4H3. The minimum Gasteiger partial charge on any atom is -0.493 e. The highest BCUT2D eigenvalue weighted by molar-refractivity contribution is 5.46. The lowest BCUT2D eigenvalue weighted by atomic mass is 9.97. The van der Waals surface area contributed by atoms with Crippen LogP contribution in [0.25, 0.3) is 0 Å². The fourth-order valence-electron chi connectivity index (χ4n) is 2.99. The van der Waals surface area contributed by atoms with Crippen LogP contribution in [0.5, 0.6) is 23.0 Å². The van der Waals surface area contributed by atoms with Gasteiger partial charge in [0.05, 0.1) is 27.4 Å². The molecule has 0 saturated carbocycles. The van der Waals surface area contributed by atoms with Crippen molar-refractivity contribution < 1.29 is 29.2 Å². The number of benzene rings is 2. The molecule has 0 saturated heterocycles. The van der Waals surface area contributed by atoms with Crippen LogP contribution in [0.15, 0.2) is 36.4 Å². The van der Waals surface area contributed by atoms with Crippen LogP contribution >= 0.6 is 0 Å². The van der Waals surface area contributed by atoms with Crippen molar-refractivity contribution in [3.8, 4) is 23.0 Å². The van der Waals surface area contributed by atoms with Crippen molar-refractivity contribution >= 4 is 0 Å². The van der Waals surface area contributed by atoms with E-state index in [2.05, 4.69) is 13.8 Å². The van der Waals surface area contributed by atoms with Gasteiger partial charge in [-0.25, -0.2) is 0 Å². The molecule has 0 aliphatic carbocycles. The number of aliphatic hydroxyl groups is 2. The second-order valence-electron chi connectivity index (χ2n) is 7.11. The molecule has 6 heteroatoms. The maximum absolute atomic E-state index is 10.8.